The molecular weight excluding hydrogens is 174 g/mol. The Morgan fingerprint density at radius 3 is 2.50 bits per heavy atom. The van der Waals surface area contributed by atoms with Gasteiger partial charge in [-0.15, -0.1) is 0 Å². The van der Waals surface area contributed by atoms with Crippen LogP contribution in [0.15, 0.2) is 23.1 Å². The van der Waals surface area contributed by atoms with Crippen molar-refractivity contribution in [1.82, 2.24) is 0 Å². The Hall–Kier alpha value is -1.34. The highest BCUT2D eigenvalue weighted by Gasteiger charge is 2.05. The van der Waals surface area contributed by atoms with Gasteiger partial charge in [-0.1, -0.05) is 0 Å². The van der Waals surface area contributed by atoms with Gasteiger partial charge in [0.15, 0.2) is 9.84 Å². The van der Waals surface area contributed by atoms with Crippen molar-refractivity contribution in [3.63, 3.8) is 0 Å². The molecule has 3 nitrogen and oxygen atoms in total. The number of hydrogen-bond acceptors (Lipinski definition) is 3. The van der Waals surface area contributed by atoms with E-state index in [0.717, 1.165) is 6.26 Å². The Morgan fingerprint density at radius 1 is 1.50 bits per heavy atom. The maximum atomic E-state index is 10.9. The maximum absolute atomic E-state index is 10.9. The average molecular weight is 180 g/mol. The van der Waals surface area contributed by atoms with Crippen LogP contribution in [0.2, 0.25) is 0 Å². The molecule has 1 rings (SSSR count). The van der Waals surface area contributed by atoms with Gasteiger partial charge in [0, 0.05) is 12.3 Å². The van der Waals surface area contributed by atoms with E-state index in [9.17, 15) is 8.42 Å². The summed E-state index contributed by atoms with van der Waals surface area (Å²) in [6, 6.07) is 8.57. The fraction of sp³-hybridized carbons (Fsp3) is 0.125. The summed E-state index contributed by atoms with van der Waals surface area (Å²) in [5.74, 6) is 0. The molecule has 0 aliphatic rings. The molecule has 0 aromatic heterocycles. The van der Waals surface area contributed by atoms with Crippen LogP contribution in [0, 0.1) is 17.4 Å². The molecule has 1 aromatic rings. The SMILES string of the molecule is CS(=O)(=O)c1[c]cc(C#N)cc1. The van der Waals surface area contributed by atoms with Crippen LogP contribution in [-0.4, -0.2) is 14.7 Å². The van der Waals surface area contributed by atoms with Crippen molar-refractivity contribution in [2.45, 2.75) is 4.90 Å². The number of hydrogen-bond donors (Lipinski definition) is 0. The summed E-state index contributed by atoms with van der Waals surface area (Å²) in [6.45, 7) is 0. The van der Waals surface area contributed by atoms with Crippen molar-refractivity contribution >= 4 is 9.84 Å². The summed E-state index contributed by atoms with van der Waals surface area (Å²) in [6.07, 6.45) is 1.10. The molecule has 0 saturated carbocycles. The highest BCUT2D eigenvalue weighted by molar-refractivity contribution is 7.90. The van der Waals surface area contributed by atoms with Gasteiger partial charge in [0.2, 0.25) is 0 Å². The van der Waals surface area contributed by atoms with Gasteiger partial charge in [0.25, 0.3) is 0 Å². The lowest BCUT2D eigenvalue weighted by atomic mass is 10.2. The van der Waals surface area contributed by atoms with Gasteiger partial charge in [0.1, 0.15) is 0 Å². The third kappa shape index (κ3) is 1.83. The minimum absolute atomic E-state index is 0.113. The first-order valence-corrected chi connectivity index (χ1v) is 5.05. The maximum Gasteiger partial charge on any atom is 0.176 e. The second-order valence-electron chi connectivity index (χ2n) is 2.33. The number of rotatable bonds is 1. The topological polar surface area (TPSA) is 57.9 Å². The largest absolute Gasteiger partial charge is 0.224 e. The van der Waals surface area contributed by atoms with E-state index in [1.165, 1.54) is 18.2 Å². The zero-order valence-electron chi connectivity index (χ0n) is 6.40. The molecule has 0 amide bonds. The molecule has 4 heteroatoms. The highest BCUT2D eigenvalue weighted by atomic mass is 32.2. The predicted molar refractivity (Wildman–Crippen MR) is 43.1 cm³/mol. The second kappa shape index (κ2) is 2.95. The fourth-order valence-electron chi connectivity index (χ4n) is 0.711. The Balaban J connectivity index is 3.20. The third-order valence-electron chi connectivity index (χ3n) is 1.31. The molecule has 12 heavy (non-hydrogen) atoms. The smallest absolute Gasteiger partial charge is 0.176 e. The Morgan fingerprint density at radius 2 is 2.17 bits per heavy atom. The van der Waals surface area contributed by atoms with Crippen LogP contribution in [0.3, 0.4) is 0 Å². The van der Waals surface area contributed by atoms with Crippen molar-refractivity contribution in [2.75, 3.05) is 6.26 Å². The van der Waals surface area contributed by atoms with E-state index in [2.05, 4.69) is 6.07 Å². The average Bonchev–Trinajstić information content (AvgIpc) is 2.03. The van der Waals surface area contributed by atoms with E-state index in [1.807, 2.05) is 6.07 Å². The van der Waals surface area contributed by atoms with E-state index in [-0.39, 0.29) is 4.90 Å². The summed E-state index contributed by atoms with van der Waals surface area (Å²) in [5.41, 5.74) is 0.405. The van der Waals surface area contributed by atoms with Crippen molar-refractivity contribution in [3.8, 4) is 6.07 Å². The third-order valence-corrected chi connectivity index (χ3v) is 2.37. The zero-order chi connectivity index (χ0) is 9.19. The standard InChI is InChI=1S/C8H6NO2S/c1-12(10,11)8-4-2-7(6-9)3-5-8/h2-4H,1H3. The first-order valence-electron chi connectivity index (χ1n) is 3.16. The molecule has 1 aromatic carbocycles. The molecule has 0 bridgehead atoms. The molecule has 0 aliphatic carbocycles. The van der Waals surface area contributed by atoms with Crippen LogP contribution in [-0.2, 0) is 9.84 Å². The lowest BCUT2D eigenvalue weighted by molar-refractivity contribution is 0.601. The van der Waals surface area contributed by atoms with Gasteiger partial charge in [0.05, 0.1) is 16.5 Å². The molecule has 0 N–H and O–H groups in total. The monoisotopic (exact) mass is 180 g/mol. The second-order valence-corrected chi connectivity index (χ2v) is 4.31. The Labute approximate surface area is 71.2 Å². The lowest BCUT2D eigenvalue weighted by Crippen LogP contribution is -1.96. The first-order chi connectivity index (χ1) is 5.54. The molecule has 0 atom stereocenters. The number of nitriles is 1. The van der Waals surface area contributed by atoms with Crippen LogP contribution in [0.25, 0.3) is 0 Å². The molecule has 0 heterocycles. The van der Waals surface area contributed by atoms with E-state index in [4.69, 9.17) is 5.26 Å². The summed E-state index contributed by atoms with van der Waals surface area (Å²) in [5, 5.41) is 8.41. The molecule has 0 aliphatic heterocycles. The van der Waals surface area contributed by atoms with E-state index >= 15 is 0 Å². The number of benzene rings is 1. The Kier molecular flexibility index (Phi) is 2.15. The number of sulfone groups is 1. The minimum Gasteiger partial charge on any atom is -0.224 e. The van der Waals surface area contributed by atoms with Crippen LogP contribution >= 0.6 is 0 Å². The molecule has 0 saturated heterocycles. The molecule has 0 fully saturated rings. The molecule has 0 unspecified atom stereocenters. The quantitative estimate of drug-likeness (QED) is 0.641. The van der Waals surface area contributed by atoms with Gasteiger partial charge in [-0.2, -0.15) is 5.26 Å². The van der Waals surface area contributed by atoms with Crippen LogP contribution in [0.1, 0.15) is 5.56 Å². The molecule has 0 spiro atoms. The Bertz CT molecular complexity index is 411. The van der Waals surface area contributed by atoms with Crippen molar-refractivity contribution in [3.05, 3.63) is 29.8 Å². The van der Waals surface area contributed by atoms with Gasteiger partial charge in [-0.3, -0.25) is 0 Å². The summed E-state index contributed by atoms with van der Waals surface area (Å²) >= 11 is 0. The van der Waals surface area contributed by atoms with E-state index in [1.54, 1.807) is 0 Å². The van der Waals surface area contributed by atoms with Crippen molar-refractivity contribution in [2.24, 2.45) is 0 Å². The van der Waals surface area contributed by atoms with Gasteiger partial charge in [-0.05, 0) is 18.2 Å². The molecule has 1 radical (unpaired) electrons. The highest BCUT2D eigenvalue weighted by Crippen LogP contribution is 2.08. The summed E-state index contributed by atoms with van der Waals surface area (Å²) in [7, 11) is -3.19. The van der Waals surface area contributed by atoms with Crippen LogP contribution in [0.4, 0.5) is 0 Å². The molecule has 61 valence electrons. The fourth-order valence-corrected chi connectivity index (χ4v) is 1.30. The normalized spacial score (nSPS) is 10.7. The van der Waals surface area contributed by atoms with Crippen LogP contribution < -0.4 is 0 Å². The van der Waals surface area contributed by atoms with E-state index < -0.39 is 9.84 Å². The van der Waals surface area contributed by atoms with Gasteiger partial charge < -0.3 is 0 Å². The lowest BCUT2D eigenvalue weighted by Gasteiger charge is -1.95. The molecular formula is C8H6NO2S. The first kappa shape index (κ1) is 8.75. The van der Waals surface area contributed by atoms with Gasteiger partial charge in [-0.25, -0.2) is 8.42 Å². The summed E-state index contributed by atoms with van der Waals surface area (Å²) in [4.78, 5) is 0.113. The number of nitrogens with zero attached hydrogens (tertiary/aromatic N) is 1. The van der Waals surface area contributed by atoms with Crippen molar-refractivity contribution in [1.29, 1.82) is 5.26 Å². The van der Waals surface area contributed by atoms with Crippen molar-refractivity contribution < 1.29 is 8.42 Å². The minimum atomic E-state index is -3.19. The van der Waals surface area contributed by atoms with E-state index in [0.29, 0.717) is 5.56 Å². The van der Waals surface area contributed by atoms with Crippen LogP contribution in [0.5, 0.6) is 0 Å². The summed E-state index contributed by atoms with van der Waals surface area (Å²) < 4.78 is 21.8. The zero-order valence-corrected chi connectivity index (χ0v) is 7.22. The van der Waals surface area contributed by atoms with Gasteiger partial charge >= 0.3 is 0 Å². The predicted octanol–water partition coefficient (Wildman–Crippen LogP) is 0.762.